The predicted molar refractivity (Wildman–Crippen MR) is 112 cm³/mol. The number of methoxy groups -OCH3 is 1. The highest BCUT2D eigenvalue weighted by atomic mass is 16.7. The van der Waals surface area contributed by atoms with Crippen LogP contribution in [0.1, 0.15) is 47.2 Å². The second-order valence-electron chi connectivity index (χ2n) is 7.27. The Kier molecular flexibility index (Phi) is 5.44. The average Bonchev–Trinajstić information content (AvgIpc) is 3.39. The minimum atomic E-state index is -0.242. The smallest absolute Gasteiger partial charge is 0.218 e. The molecule has 0 N–H and O–H groups in total. The molecule has 7 heteroatoms. The second kappa shape index (κ2) is 8.19. The summed E-state index contributed by atoms with van der Waals surface area (Å²) in [6.45, 7) is 3.56. The lowest BCUT2D eigenvalue weighted by molar-refractivity contribution is -0.0549. The molecule has 2 aromatic heterocycles. The molecule has 3 aromatic rings. The number of hydrogen-bond acceptors (Lipinski definition) is 6. The lowest BCUT2D eigenvalue weighted by Crippen LogP contribution is -2.08. The first kappa shape index (κ1) is 20.0. The van der Waals surface area contributed by atoms with E-state index in [4.69, 9.17) is 9.47 Å². The van der Waals surface area contributed by atoms with E-state index in [9.17, 15) is 10.1 Å². The Morgan fingerprint density at radius 2 is 2.10 bits per heavy atom. The van der Waals surface area contributed by atoms with Crippen molar-refractivity contribution in [3.05, 3.63) is 59.1 Å². The Morgan fingerprint density at radius 1 is 1.33 bits per heavy atom. The van der Waals surface area contributed by atoms with E-state index >= 15 is 0 Å². The standard InChI is InChI=1S/C23H22N4O3/c1-14-19(12-24)23-25-22(15(2)28)26-27(23)21(20(14)16-7-5-4-6-8-16)17-9-10-18(11-17)30-13-29-3/h4-8,11,18H,9-10,13H2,1-3H3. The number of nitriles is 1. The Morgan fingerprint density at radius 3 is 2.77 bits per heavy atom. The van der Waals surface area contributed by atoms with Gasteiger partial charge in [0.05, 0.1) is 11.8 Å². The van der Waals surface area contributed by atoms with Crippen LogP contribution in [0.4, 0.5) is 0 Å². The summed E-state index contributed by atoms with van der Waals surface area (Å²) in [5, 5.41) is 14.3. The largest absolute Gasteiger partial charge is 0.359 e. The zero-order chi connectivity index (χ0) is 21.3. The molecular formula is C23H22N4O3. The SMILES string of the molecule is COCOC1C=C(c2c(-c3ccccc3)c(C)c(C#N)c3nc(C(C)=O)nn23)CC1. The van der Waals surface area contributed by atoms with E-state index in [1.54, 1.807) is 11.6 Å². The summed E-state index contributed by atoms with van der Waals surface area (Å²) < 4.78 is 12.4. The number of nitrogens with zero attached hydrogens (tertiary/aromatic N) is 4. The summed E-state index contributed by atoms with van der Waals surface area (Å²) in [6.07, 6.45) is 3.61. The van der Waals surface area contributed by atoms with Gasteiger partial charge < -0.3 is 9.47 Å². The van der Waals surface area contributed by atoms with Gasteiger partial charge in [0.15, 0.2) is 11.4 Å². The highest BCUT2D eigenvalue weighted by Gasteiger charge is 2.27. The zero-order valence-electron chi connectivity index (χ0n) is 17.2. The summed E-state index contributed by atoms with van der Waals surface area (Å²) in [6, 6.07) is 12.2. The number of ketones is 1. The van der Waals surface area contributed by atoms with Crippen molar-refractivity contribution in [2.75, 3.05) is 13.9 Å². The van der Waals surface area contributed by atoms with Crippen molar-refractivity contribution in [1.82, 2.24) is 14.6 Å². The molecular weight excluding hydrogens is 380 g/mol. The van der Waals surface area contributed by atoms with Gasteiger partial charge in [-0.3, -0.25) is 4.79 Å². The molecule has 0 amide bonds. The van der Waals surface area contributed by atoms with E-state index in [-0.39, 0.29) is 24.5 Å². The average molecular weight is 402 g/mol. The number of allylic oxidation sites excluding steroid dienone is 1. The first-order chi connectivity index (χ1) is 14.5. The Balaban J connectivity index is 2.03. The number of ether oxygens (including phenoxy) is 2. The van der Waals surface area contributed by atoms with Crippen molar-refractivity contribution in [3.8, 4) is 17.2 Å². The van der Waals surface area contributed by atoms with Crippen molar-refractivity contribution >= 4 is 17.0 Å². The number of benzene rings is 1. The molecule has 0 saturated carbocycles. The first-order valence-electron chi connectivity index (χ1n) is 9.76. The van der Waals surface area contributed by atoms with Crippen LogP contribution in [-0.4, -0.2) is 40.4 Å². The first-order valence-corrected chi connectivity index (χ1v) is 9.76. The predicted octanol–water partition coefficient (Wildman–Crippen LogP) is 3.95. The Hall–Kier alpha value is -3.34. The van der Waals surface area contributed by atoms with Crippen LogP contribution in [0, 0.1) is 18.3 Å². The van der Waals surface area contributed by atoms with E-state index in [1.807, 2.05) is 37.3 Å². The third kappa shape index (κ3) is 3.41. The maximum Gasteiger partial charge on any atom is 0.218 e. The number of rotatable bonds is 6. The molecule has 7 nitrogen and oxygen atoms in total. The molecule has 1 aliphatic carbocycles. The van der Waals surface area contributed by atoms with E-state index in [0.717, 1.165) is 40.8 Å². The fourth-order valence-corrected chi connectivity index (χ4v) is 3.92. The number of pyridine rings is 1. The minimum Gasteiger partial charge on any atom is -0.359 e. The van der Waals surface area contributed by atoms with E-state index in [0.29, 0.717) is 11.2 Å². The van der Waals surface area contributed by atoms with Crippen molar-refractivity contribution in [2.45, 2.75) is 32.8 Å². The van der Waals surface area contributed by atoms with Gasteiger partial charge in [0.25, 0.3) is 0 Å². The van der Waals surface area contributed by atoms with E-state index < -0.39 is 0 Å². The lowest BCUT2D eigenvalue weighted by atomic mass is 9.92. The van der Waals surface area contributed by atoms with Gasteiger partial charge >= 0.3 is 0 Å². The van der Waals surface area contributed by atoms with Crippen LogP contribution in [0.15, 0.2) is 36.4 Å². The topological polar surface area (TPSA) is 89.5 Å². The van der Waals surface area contributed by atoms with Gasteiger partial charge in [-0.15, -0.1) is 5.10 Å². The van der Waals surface area contributed by atoms with Gasteiger partial charge in [-0.05, 0) is 36.5 Å². The molecule has 1 aromatic carbocycles. The lowest BCUT2D eigenvalue weighted by Gasteiger charge is -2.17. The van der Waals surface area contributed by atoms with Crippen LogP contribution in [0.2, 0.25) is 0 Å². The van der Waals surface area contributed by atoms with E-state index in [1.165, 1.54) is 6.92 Å². The number of carbonyl (C=O) groups excluding carboxylic acids is 1. The van der Waals surface area contributed by atoms with Gasteiger partial charge in [-0.1, -0.05) is 36.4 Å². The third-order valence-corrected chi connectivity index (χ3v) is 5.31. The van der Waals surface area contributed by atoms with Crippen LogP contribution in [0.3, 0.4) is 0 Å². The number of fused-ring (bicyclic) bond motifs is 1. The molecule has 2 heterocycles. The molecule has 0 bridgehead atoms. The number of aromatic nitrogens is 3. The molecule has 0 radical (unpaired) electrons. The molecule has 0 aliphatic heterocycles. The van der Waals surface area contributed by atoms with Gasteiger partial charge in [0.2, 0.25) is 5.82 Å². The summed E-state index contributed by atoms with van der Waals surface area (Å²) in [5.41, 5.74) is 5.42. The quantitative estimate of drug-likeness (QED) is 0.458. The molecule has 0 fully saturated rings. The molecule has 30 heavy (non-hydrogen) atoms. The summed E-state index contributed by atoms with van der Waals surface area (Å²) >= 11 is 0. The fraction of sp³-hybridized carbons (Fsp3) is 0.304. The molecule has 0 spiro atoms. The van der Waals surface area contributed by atoms with Gasteiger partial charge in [-0.2, -0.15) is 5.26 Å². The van der Waals surface area contributed by atoms with Crippen LogP contribution in [-0.2, 0) is 9.47 Å². The molecule has 0 saturated heterocycles. The van der Waals surface area contributed by atoms with Crippen molar-refractivity contribution in [2.24, 2.45) is 0 Å². The number of carbonyl (C=O) groups is 1. The fourth-order valence-electron chi connectivity index (χ4n) is 3.92. The van der Waals surface area contributed by atoms with Gasteiger partial charge in [-0.25, -0.2) is 9.50 Å². The van der Waals surface area contributed by atoms with E-state index in [2.05, 4.69) is 22.2 Å². The summed E-state index contributed by atoms with van der Waals surface area (Å²) in [7, 11) is 1.60. The molecule has 4 rings (SSSR count). The van der Waals surface area contributed by atoms with Crippen molar-refractivity contribution in [3.63, 3.8) is 0 Å². The van der Waals surface area contributed by atoms with Crippen LogP contribution in [0.25, 0.3) is 22.3 Å². The number of Topliss-reactive ketones (excluding diaryl/α,β-unsaturated/α-hetero) is 1. The van der Waals surface area contributed by atoms with Crippen LogP contribution < -0.4 is 0 Å². The second-order valence-corrected chi connectivity index (χ2v) is 7.27. The molecule has 152 valence electrons. The Labute approximate surface area is 174 Å². The minimum absolute atomic E-state index is 0.0645. The summed E-state index contributed by atoms with van der Waals surface area (Å²) in [5.74, 6) is -0.141. The highest BCUT2D eigenvalue weighted by Crippen LogP contribution is 2.39. The van der Waals surface area contributed by atoms with Crippen molar-refractivity contribution in [1.29, 1.82) is 5.26 Å². The van der Waals surface area contributed by atoms with Gasteiger partial charge in [0, 0.05) is 19.6 Å². The maximum atomic E-state index is 12.0. The Bertz CT molecular complexity index is 1190. The maximum absolute atomic E-state index is 12.0. The number of hydrogen-bond donors (Lipinski definition) is 0. The van der Waals surface area contributed by atoms with Gasteiger partial charge in [0.1, 0.15) is 18.4 Å². The van der Waals surface area contributed by atoms with Crippen molar-refractivity contribution < 1.29 is 14.3 Å². The van der Waals surface area contributed by atoms with Crippen LogP contribution >= 0.6 is 0 Å². The highest BCUT2D eigenvalue weighted by molar-refractivity contribution is 5.92. The third-order valence-electron chi connectivity index (χ3n) is 5.31. The monoisotopic (exact) mass is 402 g/mol. The normalized spacial score (nSPS) is 15.9. The molecule has 1 atom stereocenters. The zero-order valence-corrected chi connectivity index (χ0v) is 17.2. The van der Waals surface area contributed by atoms with Crippen LogP contribution in [0.5, 0.6) is 0 Å². The molecule has 1 unspecified atom stereocenters. The summed E-state index contributed by atoms with van der Waals surface area (Å²) in [4.78, 5) is 16.4. The molecule has 1 aliphatic rings.